The SMILES string of the molecule is C[C@@H]1Oc2c(N3CCNCC3)cccc2N(Cc2ccccc2)C1=O. The molecule has 0 aromatic heterocycles. The van der Waals surface area contributed by atoms with E-state index in [1.54, 1.807) is 0 Å². The first-order chi connectivity index (χ1) is 12.2. The first-order valence-corrected chi connectivity index (χ1v) is 8.84. The fourth-order valence-corrected chi connectivity index (χ4v) is 3.50. The second-order valence-corrected chi connectivity index (χ2v) is 6.53. The number of carbonyl (C=O) groups excluding carboxylic acids is 1. The van der Waals surface area contributed by atoms with Gasteiger partial charge >= 0.3 is 0 Å². The zero-order valence-corrected chi connectivity index (χ0v) is 14.4. The minimum Gasteiger partial charge on any atom is -0.476 e. The van der Waals surface area contributed by atoms with Crippen molar-refractivity contribution in [2.45, 2.75) is 19.6 Å². The van der Waals surface area contributed by atoms with E-state index >= 15 is 0 Å². The molecule has 1 N–H and O–H groups in total. The number of ether oxygens (including phenoxy) is 1. The van der Waals surface area contributed by atoms with Crippen LogP contribution in [0.4, 0.5) is 11.4 Å². The number of anilines is 2. The molecule has 5 nitrogen and oxygen atoms in total. The highest BCUT2D eigenvalue weighted by Gasteiger charge is 2.34. The smallest absolute Gasteiger partial charge is 0.268 e. The van der Waals surface area contributed by atoms with Crippen LogP contribution in [0.15, 0.2) is 48.5 Å². The van der Waals surface area contributed by atoms with Gasteiger partial charge in [0.2, 0.25) is 0 Å². The van der Waals surface area contributed by atoms with Gasteiger partial charge in [-0.3, -0.25) is 4.79 Å². The van der Waals surface area contributed by atoms with Crippen molar-refractivity contribution >= 4 is 17.3 Å². The van der Waals surface area contributed by atoms with Crippen molar-refractivity contribution in [1.29, 1.82) is 0 Å². The summed E-state index contributed by atoms with van der Waals surface area (Å²) in [5.41, 5.74) is 3.06. The molecule has 25 heavy (non-hydrogen) atoms. The lowest BCUT2D eigenvalue weighted by atomic mass is 10.1. The van der Waals surface area contributed by atoms with Crippen molar-refractivity contribution in [1.82, 2.24) is 5.32 Å². The van der Waals surface area contributed by atoms with E-state index in [4.69, 9.17) is 4.74 Å². The third-order valence-electron chi connectivity index (χ3n) is 4.81. The lowest BCUT2D eigenvalue weighted by molar-refractivity contribution is -0.125. The van der Waals surface area contributed by atoms with E-state index in [9.17, 15) is 4.79 Å². The van der Waals surface area contributed by atoms with Gasteiger partial charge in [0.25, 0.3) is 5.91 Å². The van der Waals surface area contributed by atoms with Crippen LogP contribution in [-0.4, -0.2) is 38.2 Å². The highest BCUT2D eigenvalue weighted by atomic mass is 16.5. The summed E-state index contributed by atoms with van der Waals surface area (Å²) >= 11 is 0. The molecule has 0 spiro atoms. The number of carbonyl (C=O) groups is 1. The number of rotatable bonds is 3. The molecule has 130 valence electrons. The van der Waals surface area contributed by atoms with Crippen molar-refractivity contribution < 1.29 is 9.53 Å². The maximum atomic E-state index is 12.8. The zero-order valence-electron chi connectivity index (χ0n) is 14.4. The number of nitrogens with one attached hydrogen (secondary N) is 1. The van der Waals surface area contributed by atoms with Gasteiger partial charge in [0.15, 0.2) is 11.9 Å². The normalized spacial score (nSPS) is 20.2. The summed E-state index contributed by atoms with van der Waals surface area (Å²) in [6.45, 7) is 6.21. The van der Waals surface area contributed by atoms with Gasteiger partial charge in [-0.05, 0) is 24.6 Å². The fraction of sp³-hybridized carbons (Fsp3) is 0.350. The molecule has 0 unspecified atom stereocenters. The van der Waals surface area contributed by atoms with E-state index in [2.05, 4.69) is 16.3 Å². The molecule has 0 radical (unpaired) electrons. The molecular formula is C20H23N3O2. The molecule has 0 aliphatic carbocycles. The summed E-state index contributed by atoms with van der Waals surface area (Å²) in [5.74, 6) is 0.834. The summed E-state index contributed by atoms with van der Waals surface area (Å²) < 4.78 is 6.04. The fourth-order valence-electron chi connectivity index (χ4n) is 3.50. The monoisotopic (exact) mass is 337 g/mol. The Balaban J connectivity index is 1.72. The van der Waals surface area contributed by atoms with Gasteiger partial charge in [0.1, 0.15) is 0 Å². The number of benzene rings is 2. The second-order valence-electron chi connectivity index (χ2n) is 6.53. The van der Waals surface area contributed by atoms with Crippen molar-refractivity contribution in [2.24, 2.45) is 0 Å². The van der Waals surface area contributed by atoms with E-state index in [-0.39, 0.29) is 5.91 Å². The molecule has 4 rings (SSSR count). The van der Waals surface area contributed by atoms with Crippen LogP contribution in [0.5, 0.6) is 5.75 Å². The number of amides is 1. The summed E-state index contributed by atoms with van der Waals surface area (Å²) in [6, 6.07) is 16.2. The maximum Gasteiger partial charge on any atom is 0.268 e. The molecule has 2 heterocycles. The summed E-state index contributed by atoms with van der Waals surface area (Å²) in [4.78, 5) is 16.9. The molecule has 1 fully saturated rings. The Morgan fingerprint density at radius 2 is 1.76 bits per heavy atom. The number of hydrogen-bond donors (Lipinski definition) is 1. The number of para-hydroxylation sites is 1. The Morgan fingerprint density at radius 1 is 1.04 bits per heavy atom. The van der Waals surface area contributed by atoms with Crippen LogP contribution in [-0.2, 0) is 11.3 Å². The number of nitrogens with zero attached hydrogens (tertiary/aromatic N) is 2. The van der Waals surface area contributed by atoms with E-state index < -0.39 is 6.10 Å². The van der Waals surface area contributed by atoms with E-state index in [0.717, 1.165) is 48.9 Å². The predicted octanol–water partition coefficient (Wildman–Crippen LogP) is 2.41. The van der Waals surface area contributed by atoms with Gasteiger partial charge in [-0.25, -0.2) is 0 Å². The highest BCUT2D eigenvalue weighted by Crippen LogP contribution is 2.42. The summed E-state index contributed by atoms with van der Waals surface area (Å²) in [5, 5.41) is 3.37. The first-order valence-electron chi connectivity index (χ1n) is 8.84. The average molecular weight is 337 g/mol. The van der Waals surface area contributed by atoms with Gasteiger partial charge in [0, 0.05) is 26.2 Å². The lowest BCUT2D eigenvalue weighted by Crippen LogP contribution is -2.46. The zero-order chi connectivity index (χ0) is 17.2. The van der Waals surface area contributed by atoms with Crippen LogP contribution in [0.25, 0.3) is 0 Å². The van der Waals surface area contributed by atoms with Crippen LogP contribution in [0.2, 0.25) is 0 Å². The van der Waals surface area contributed by atoms with Gasteiger partial charge in [-0.2, -0.15) is 0 Å². The Labute approximate surface area is 148 Å². The van der Waals surface area contributed by atoms with Gasteiger partial charge in [0.05, 0.1) is 17.9 Å². The third-order valence-corrected chi connectivity index (χ3v) is 4.81. The molecule has 2 aliphatic rings. The average Bonchev–Trinajstić information content (AvgIpc) is 2.66. The summed E-state index contributed by atoms with van der Waals surface area (Å²) in [7, 11) is 0. The molecule has 0 saturated carbocycles. The van der Waals surface area contributed by atoms with Crippen LogP contribution in [0, 0.1) is 0 Å². The van der Waals surface area contributed by atoms with Crippen LogP contribution >= 0.6 is 0 Å². The van der Waals surface area contributed by atoms with E-state index in [0.29, 0.717) is 6.54 Å². The van der Waals surface area contributed by atoms with Crippen LogP contribution in [0.3, 0.4) is 0 Å². The standard InChI is InChI=1S/C20H23N3O2/c1-15-20(24)23(14-16-6-3-2-4-7-16)18-9-5-8-17(19(18)25-15)22-12-10-21-11-13-22/h2-9,15,21H,10-14H2,1H3/t15-/m0/s1. The lowest BCUT2D eigenvalue weighted by Gasteiger charge is -2.37. The molecular weight excluding hydrogens is 314 g/mol. The summed E-state index contributed by atoms with van der Waals surface area (Å²) in [6.07, 6.45) is -0.472. The number of hydrogen-bond acceptors (Lipinski definition) is 4. The Kier molecular flexibility index (Phi) is 4.32. The molecule has 2 aromatic rings. The largest absolute Gasteiger partial charge is 0.476 e. The second kappa shape index (κ2) is 6.76. The Morgan fingerprint density at radius 3 is 2.52 bits per heavy atom. The van der Waals surface area contributed by atoms with Crippen LogP contribution in [0.1, 0.15) is 12.5 Å². The highest BCUT2D eigenvalue weighted by molar-refractivity contribution is 6.01. The number of piperazine rings is 1. The number of fused-ring (bicyclic) bond motifs is 1. The first kappa shape index (κ1) is 16.0. The minimum absolute atomic E-state index is 0.00816. The van der Waals surface area contributed by atoms with E-state index in [1.807, 2.05) is 54.3 Å². The Hall–Kier alpha value is -2.53. The van der Waals surface area contributed by atoms with Gasteiger partial charge < -0.3 is 19.9 Å². The third kappa shape index (κ3) is 3.07. The molecule has 1 saturated heterocycles. The van der Waals surface area contributed by atoms with Crippen molar-refractivity contribution in [3.8, 4) is 5.75 Å². The molecule has 0 bridgehead atoms. The molecule has 2 aliphatic heterocycles. The molecule has 1 atom stereocenters. The van der Waals surface area contributed by atoms with Crippen LogP contribution < -0.4 is 19.9 Å². The van der Waals surface area contributed by atoms with Gasteiger partial charge in [-0.1, -0.05) is 36.4 Å². The van der Waals surface area contributed by atoms with Crippen molar-refractivity contribution in [3.05, 3.63) is 54.1 Å². The maximum absolute atomic E-state index is 12.8. The molecule has 2 aromatic carbocycles. The van der Waals surface area contributed by atoms with Crippen molar-refractivity contribution in [2.75, 3.05) is 36.0 Å². The topological polar surface area (TPSA) is 44.8 Å². The minimum atomic E-state index is -0.472. The molecule has 1 amide bonds. The van der Waals surface area contributed by atoms with Crippen molar-refractivity contribution in [3.63, 3.8) is 0 Å². The predicted molar refractivity (Wildman–Crippen MR) is 99.2 cm³/mol. The Bertz CT molecular complexity index is 757. The van der Waals surface area contributed by atoms with E-state index in [1.165, 1.54) is 0 Å². The molecule has 5 heteroatoms. The van der Waals surface area contributed by atoms with Gasteiger partial charge in [-0.15, -0.1) is 0 Å². The quantitative estimate of drug-likeness (QED) is 0.934.